The van der Waals surface area contributed by atoms with Crippen molar-refractivity contribution in [2.45, 2.75) is 46.7 Å². The van der Waals surface area contributed by atoms with Crippen LogP contribution in [0.25, 0.3) is 0 Å². The lowest BCUT2D eigenvalue weighted by molar-refractivity contribution is -0.0682. The monoisotopic (exact) mass is 409 g/mol. The van der Waals surface area contributed by atoms with Crippen molar-refractivity contribution in [1.82, 2.24) is 5.32 Å². The van der Waals surface area contributed by atoms with Crippen LogP contribution in [0.15, 0.2) is 42.5 Å². The van der Waals surface area contributed by atoms with Crippen molar-refractivity contribution in [2.75, 3.05) is 11.9 Å². The van der Waals surface area contributed by atoms with Crippen molar-refractivity contribution in [1.29, 1.82) is 5.26 Å². The standard InChI is InChI=1S/C24H28ClN3O/c1-15-7-9-16(10-8-15)20(29)27-21-23(2,3)22(24(21,4)5)28(6)18-12-11-17(14-26)19(25)13-18/h7-13,21-22H,1-6H3,(H,27,29). The first-order chi connectivity index (χ1) is 13.5. The molecule has 0 heterocycles. The second-order valence-electron chi connectivity index (χ2n) is 9.20. The van der Waals surface area contributed by atoms with Crippen LogP contribution in [0.4, 0.5) is 5.69 Å². The Hall–Kier alpha value is -2.51. The van der Waals surface area contributed by atoms with Crippen LogP contribution in [0.2, 0.25) is 5.02 Å². The largest absolute Gasteiger partial charge is 0.370 e. The molecule has 0 unspecified atom stereocenters. The van der Waals surface area contributed by atoms with Crippen molar-refractivity contribution in [3.05, 3.63) is 64.2 Å². The summed E-state index contributed by atoms with van der Waals surface area (Å²) in [6.07, 6.45) is 0. The lowest BCUT2D eigenvalue weighted by Crippen LogP contribution is -2.77. The molecule has 0 saturated heterocycles. The fraction of sp³-hybridized carbons (Fsp3) is 0.417. The summed E-state index contributed by atoms with van der Waals surface area (Å²) in [5.41, 5.74) is 2.94. The van der Waals surface area contributed by atoms with Crippen molar-refractivity contribution in [2.24, 2.45) is 10.8 Å². The Morgan fingerprint density at radius 3 is 2.21 bits per heavy atom. The lowest BCUT2D eigenvalue weighted by atomic mass is 9.47. The first kappa shape index (κ1) is 21.2. The number of nitriles is 1. The van der Waals surface area contributed by atoms with Crippen LogP contribution in [0.1, 0.15) is 49.2 Å². The number of nitrogens with zero attached hydrogens (tertiary/aromatic N) is 2. The van der Waals surface area contributed by atoms with Gasteiger partial charge in [0.25, 0.3) is 5.91 Å². The van der Waals surface area contributed by atoms with Gasteiger partial charge in [-0.05, 0) is 37.3 Å². The minimum absolute atomic E-state index is 0.0186. The average molecular weight is 410 g/mol. The van der Waals surface area contributed by atoms with Gasteiger partial charge < -0.3 is 10.2 Å². The van der Waals surface area contributed by atoms with E-state index in [4.69, 9.17) is 16.9 Å². The van der Waals surface area contributed by atoms with Crippen LogP contribution >= 0.6 is 11.6 Å². The molecule has 152 valence electrons. The number of hydrogen-bond acceptors (Lipinski definition) is 3. The van der Waals surface area contributed by atoms with Gasteiger partial charge in [-0.2, -0.15) is 5.26 Å². The van der Waals surface area contributed by atoms with Crippen LogP contribution in [-0.2, 0) is 0 Å². The molecule has 2 aromatic rings. The third-order valence-electron chi connectivity index (χ3n) is 6.35. The molecule has 1 aliphatic rings. The van der Waals surface area contributed by atoms with E-state index in [1.165, 1.54) is 0 Å². The van der Waals surface area contributed by atoms with E-state index in [9.17, 15) is 4.79 Å². The fourth-order valence-electron chi connectivity index (χ4n) is 5.39. The van der Waals surface area contributed by atoms with Gasteiger partial charge in [0.15, 0.2) is 0 Å². The number of aryl methyl sites for hydroxylation is 1. The van der Waals surface area contributed by atoms with Gasteiger partial charge in [0.2, 0.25) is 0 Å². The number of halogens is 1. The van der Waals surface area contributed by atoms with Crippen LogP contribution < -0.4 is 10.2 Å². The molecule has 29 heavy (non-hydrogen) atoms. The first-order valence-corrected chi connectivity index (χ1v) is 10.2. The van der Waals surface area contributed by atoms with E-state index in [2.05, 4.69) is 44.0 Å². The minimum atomic E-state index is -0.154. The van der Waals surface area contributed by atoms with Gasteiger partial charge in [-0.15, -0.1) is 0 Å². The molecule has 0 bridgehead atoms. The third kappa shape index (κ3) is 3.60. The number of anilines is 1. The number of nitrogens with one attached hydrogen (secondary N) is 1. The van der Waals surface area contributed by atoms with Gasteiger partial charge in [0, 0.05) is 41.2 Å². The van der Waals surface area contributed by atoms with E-state index in [-0.39, 0.29) is 28.8 Å². The summed E-state index contributed by atoms with van der Waals surface area (Å²) in [6, 6.07) is 15.5. The molecule has 0 aliphatic heterocycles. The summed E-state index contributed by atoms with van der Waals surface area (Å²) in [6.45, 7) is 10.8. The second kappa shape index (κ2) is 7.39. The highest BCUT2D eigenvalue weighted by Crippen LogP contribution is 2.56. The summed E-state index contributed by atoms with van der Waals surface area (Å²) in [4.78, 5) is 15.0. The third-order valence-corrected chi connectivity index (χ3v) is 6.67. The molecule has 4 nitrogen and oxygen atoms in total. The predicted molar refractivity (Wildman–Crippen MR) is 118 cm³/mol. The topological polar surface area (TPSA) is 56.1 Å². The van der Waals surface area contributed by atoms with E-state index in [1.807, 2.05) is 50.4 Å². The van der Waals surface area contributed by atoms with Gasteiger partial charge in [0.05, 0.1) is 10.6 Å². The number of carbonyl (C=O) groups is 1. The van der Waals surface area contributed by atoms with Crippen molar-refractivity contribution >= 4 is 23.2 Å². The predicted octanol–water partition coefficient (Wildman–Crippen LogP) is 5.19. The molecule has 0 spiro atoms. The molecular weight excluding hydrogens is 382 g/mol. The molecule has 1 saturated carbocycles. The van der Waals surface area contributed by atoms with Crippen LogP contribution in [0, 0.1) is 29.1 Å². The lowest BCUT2D eigenvalue weighted by Gasteiger charge is -2.67. The molecule has 1 fully saturated rings. The van der Waals surface area contributed by atoms with E-state index >= 15 is 0 Å². The highest BCUT2D eigenvalue weighted by Gasteiger charge is 2.63. The summed E-state index contributed by atoms with van der Waals surface area (Å²) < 4.78 is 0. The van der Waals surface area contributed by atoms with Gasteiger partial charge in [0.1, 0.15) is 6.07 Å². The highest BCUT2D eigenvalue weighted by atomic mass is 35.5. The van der Waals surface area contributed by atoms with Crippen LogP contribution in [0.5, 0.6) is 0 Å². The van der Waals surface area contributed by atoms with Crippen molar-refractivity contribution in [3.63, 3.8) is 0 Å². The van der Waals surface area contributed by atoms with Crippen LogP contribution in [0.3, 0.4) is 0 Å². The van der Waals surface area contributed by atoms with Crippen molar-refractivity contribution in [3.8, 4) is 6.07 Å². The Balaban J connectivity index is 1.82. The van der Waals surface area contributed by atoms with Gasteiger partial charge in [-0.25, -0.2) is 0 Å². The molecule has 1 aliphatic carbocycles. The molecule has 2 aromatic carbocycles. The van der Waals surface area contributed by atoms with E-state index in [1.54, 1.807) is 6.07 Å². The quantitative estimate of drug-likeness (QED) is 0.755. The Bertz CT molecular complexity index is 957. The molecular formula is C24H28ClN3O. The minimum Gasteiger partial charge on any atom is -0.370 e. The molecule has 0 aromatic heterocycles. The van der Waals surface area contributed by atoms with Crippen LogP contribution in [-0.4, -0.2) is 25.0 Å². The Morgan fingerprint density at radius 1 is 1.10 bits per heavy atom. The zero-order valence-electron chi connectivity index (χ0n) is 17.9. The van der Waals surface area contributed by atoms with Gasteiger partial charge in [-0.3, -0.25) is 4.79 Å². The van der Waals surface area contributed by atoms with E-state index < -0.39 is 0 Å². The highest BCUT2D eigenvalue weighted by molar-refractivity contribution is 6.32. The maximum Gasteiger partial charge on any atom is 0.251 e. The number of carbonyl (C=O) groups excluding carboxylic acids is 1. The Morgan fingerprint density at radius 2 is 1.69 bits per heavy atom. The van der Waals surface area contributed by atoms with Gasteiger partial charge >= 0.3 is 0 Å². The first-order valence-electron chi connectivity index (χ1n) is 9.80. The maximum absolute atomic E-state index is 12.8. The van der Waals surface area contributed by atoms with E-state index in [0.717, 1.165) is 11.3 Å². The Kier molecular flexibility index (Phi) is 5.40. The summed E-state index contributed by atoms with van der Waals surface area (Å²) in [7, 11) is 2.05. The smallest absolute Gasteiger partial charge is 0.251 e. The molecule has 1 amide bonds. The summed E-state index contributed by atoms with van der Waals surface area (Å²) in [5.74, 6) is -0.0429. The molecule has 1 N–H and O–H groups in total. The molecule has 0 atom stereocenters. The van der Waals surface area contributed by atoms with E-state index in [0.29, 0.717) is 16.1 Å². The normalized spacial score (nSPS) is 21.6. The summed E-state index contributed by atoms with van der Waals surface area (Å²) >= 11 is 6.25. The fourth-order valence-corrected chi connectivity index (χ4v) is 5.61. The second-order valence-corrected chi connectivity index (χ2v) is 9.61. The number of benzene rings is 2. The zero-order valence-corrected chi connectivity index (χ0v) is 18.6. The number of rotatable bonds is 4. The SMILES string of the molecule is Cc1ccc(C(=O)NC2C(C)(C)C(N(C)c3ccc(C#N)c(Cl)c3)C2(C)C)cc1. The summed E-state index contributed by atoms with van der Waals surface area (Å²) in [5, 5.41) is 12.8. The van der Waals surface area contributed by atoms with Gasteiger partial charge in [-0.1, -0.05) is 57.0 Å². The molecule has 3 rings (SSSR count). The van der Waals surface area contributed by atoms with Crippen molar-refractivity contribution < 1.29 is 4.79 Å². The Labute approximate surface area is 178 Å². The molecule has 0 radical (unpaired) electrons. The zero-order chi connectivity index (χ0) is 21.6. The number of hydrogen-bond donors (Lipinski definition) is 1. The maximum atomic E-state index is 12.8. The number of amides is 1. The average Bonchev–Trinajstić information content (AvgIpc) is 2.65. The molecule has 5 heteroatoms.